The lowest BCUT2D eigenvalue weighted by Crippen LogP contribution is -2.18. The quantitative estimate of drug-likeness (QED) is 0.485. The van der Waals surface area contributed by atoms with E-state index in [2.05, 4.69) is 6.07 Å². The molecule has 0 aliphatic carbocycles. The van der Waals surface area contributed by atoms with Gasteiger partial charge in [-0.1, -0.05) is 36.4 Å². The van der Waals surface area contributed by atoms with Crippen LogP contribution in [0.25, 0.3) is 11.1 Å². The van der Waals surface area contributed by atoms with Crippen LogP contribution in [0.3, 0.4) is 0 Å². The fourth-order valence-corrected chi connectivity index (χ4v) is 2.61. The van der Waals surface area contributed by atoms with Gasteiger partial charge in [0.05, 0.1) is 11.6 Å². The largest absolute Gasteiger partial charge is 0.482 e. The zero-order chi connectivity index (χ0) is 19.2. The molecular weight excluding hydrogens is 338 g/mol. The van der Waals surface area contributed by atoms with E-state index in [1.807, 2.05) is 56.3 Å². The molecule has 0 radical (unpaired) electrons. The molecule has 0 saturated carbocycles. The molecule has 0 amide bonds. The fraction of sp³-hybridized carbons (Fsp3) is 0.130. The van der Waals surface area contributed by atoms with Gasteiger partial charge in [-0.15, -0.1) is 0 Å². The van der Waals surface area contributed by atoms with Crippen molar-refractivity contribution >= 4 is 5.97 Å². The molecule has 0 atom stereocenters. The second-order valence-electron chi connectivity index (χ2n) is 6.25. The molecule has 0 unspecified atom stereocenters. The Bertz CT molecular complexity index is 984. The van der Waals surface area contributed by atoms with Gasteiger partial charge in [-0.3, -0.25) is 0 Å². The number of carbonyl (C=O) groups is 1. The lowest BCUT2D eigenvalue weighted by Gasteiger charge is -2.10. The number of esters is 1. The Labute approximate surface area is 158 Å². The summed E-state index contributed by atoms with van der Waals surface area (Å²) in [5.74, 6) is 0.687. The molecule has 0 fully saturated rings. The average Bonchev–Trinajstić information content (AvgIpc) is 2.69. The number of nitrogens with zero attached hydrogens (tertiary/aromatic N) is 1. The first-order valence-corrected chi connectivity index (χ1v) is 8.56. The number of rotatable bonds is 5. The number of carbonyl (C=O) groups excluding carboxylic acids is 1. The third-order valence-electron chi connectivity index (χ3n) is 4.12. The van der Waals surface area contributed by atoms with E-state index in [0.717, 1.165) is 22.3 Å². The van der Waals surface area contributed by atoms with Crippen molar-refractivity contribution in [2.75, 3.05) is 6.61 Å². The third kappa shape index (κ3) is 4.74. The molecular formula is C23H19NO3. The number of benzene rings is 3. The number of ether oxygens (including phenoxy) is 2. The summed E-state index contributed by atoms with van der Waals surface area (Å²) in [7, 11) is 0. The number of hydrogen-bond donors (Lipinski definition) is 0. The second kappa shape index (κ2) is 8.20. The van der Waals surface area contributed by atoms with Gasteiger partial charge in [0, 0.05) is 0 Å². The van der Waals surface area contributed by atoms with Crippen molar-refractivity contribution in [3.05, 3.63) is 83.4 Å². The third-order valence-corrected chi connectivity index (χ3v) is 4.12. The molecule has 27 heavy (non-hydrogen) atoms. The molecule has 0 bridgehead atoms. The molecule has 0 heterocycles. The van der Waals surface area contributed by atoms with Crippen molar-refractivity contribution < 1.29 is 14.3 Å². The van der Waals surface area contributed by atoms with E-state index in [9.17, 15) is 4.79 Å². The zero-order valence-electron chi connectivity index (χ0n) is 15.2. The molecule has 3 rings (SSSR count). The summed E-state index contributed by atoms with van der Waals surface area (Å²) in [6.45, 7) is 3.75. The summed E-state index contributed by atoms with van der Waals surface area (Å²) in [4.78, 5) is 12.0. The molecule has 0 N–H and O–H groups in total. The Kier molecular flexibility index (Phi) is 5.53. The van der Waals surface area contributed by atoms with Crippen LogP contribution in [-0.2, 0) is 4.79 Å². The highest BCUT2D eigenvalue weighted by atomic mass is 16.6. The van der Waals surface area contributed by atoms with Crippen LogP contribution in [0.4, 0.5) is 0 Å². The monoisotopic (exact) mass is 357 g/mol. The van der Waals surface area contributed by atoms with Gasteiger partial charge in [-0.05, 0) is 66.4 Å². The van der Waals surface area contributed by atoms with E-state index in [4.69, 9.17) is 14.7 Å². The van der Waals surface area contributed by atoms with Crippen LogP contribution in [0, 0.1) is 25.2 Å². The molecule has 134 valence electrons. The highest BCUT2D eigenvalue weighted by molar-refractivity contribution is 5.74. The fourth-order valence-electron chi connectivity index (χ4n) is 2.61. The first kappa shape index (κ1) is 18.2. The smallest absolute Gasteiger partial charge is 0.349 e. The van der Waals surface area contributed by atoms with Gasteiger partial charge in [-0.2, -0.15) is 5.26 Å². The minimum absolute atomic E-state index is 0.151. The van der Waals surface area contributed by atoms with E-state index in [1.165, 1.54) is 0 Å². The number of nitriles is 1. The number of aryl methyl sites for hydroxylation is 2. The predicted molar refractivity (Wildman–Crippen MR) is 104 cm³/mol. The highest BCUT2D eigenvalue weighted by Crippen LogP contribution is 2.23. The van der Waals surface area contributed by atoms with Crippen LogP contribution in [0.1, 0.15) is 16.7 Å². The molecule has 3 aromatic rings. The van der Waals surface area contributed by atoms with E-state index in [0.29, 0.717) is 17.1 Å². The van der Waals surface area contributed by atoms with Crippen molar-refractivity contribution in [1.29, 1.82) is 5.26 Å². The Hall–Kier alpha value is -3.58. The Morgan fingerprint density at radius 2 is 1.56 bits per heavy atom. The highest BCUT2D eigenvalue weighted by Gasteiger charge is 2.08. The van der Waals surface area contributed by atoms with Crippen molar-refractivity contribution in [1.82, 2.24) is 0 Å². The van der Waals surface area contributed by atoms with Crippen molar-refractivity contribution in [3.8, 4) is 28.7 Å². The summed E-state index contributed by atoms with van der Waals surface area (Å²) in [6, 6.07) is 22.5. The molecule has 0 aliphatic heterocycles. The molecule has 0 aliphatic rings. The van der Waals surface area contributed by atoms with E-state index in [1.54, 1.807) is 24.3 Å². The van der Waals surface area contributed by atoms with Crippen molar-refractivity contribution in [2.24, 2.45) is 0 Å². The van der Waals surface area contributed by atoms with Gasteiger partial charge in [0.2, 0.25) is 0 Å². The van der Waals surface area contributed by atoms with Crippen LogP contribution in [0.2, 0.25) is 0 Å². The Balaban J connectivity index is 1.59. The van der Waals surface area contributed by atoms with Crippen LogP contribution in [-0.4, -0.2) is 12.6 Å². The molecule has 4 heteroatoms. The maximum absolute atomic E-state index is 12.0. The Morgan fingerprint density at radius 3 is 2.19 bits per heavy atom. The normalized spacial score (nSPS) is 10.1. The zero-order valence-corrected chi connectivity index (χ0v) is 15.2. The summed E-state index contributed by atoms with van der Waals surface area (Å²) in [6.07, 6.45) is 0. The van der Waals surface area contributed by atoms with Gasteiger partial charge in [-0.25, -0.2) is 4.79 Å². The van der Waals surface area contributed by atoms with Crippen LogP contribution >= 0.6 is 0 Å². The molecule has 0 saturated heterocycles. The Morgan fingerprint density at radius 1 is 0.926 bits per heavy atom. The predicted octanol–water partition coefficient (Wildman–Crippen LogP) is 4.83. The first-order valence-electron chi connectivity index (χ1n) is 8.56. The maximum Gasteiger partial charge on any atom is 0.349 e. The van der Waals surface area contributed by atoms with Crippen LogP contribution in [0.15, 0.2) is 66.7 Å². The lowest BCUT2D eigenvalue weighted by molar-refractivity contribution is -0.136. The van der Waals surface area contributed by atoms with Gasteiger partial charge >= 0.3 is 5.97 Å². The summed E-state index contributed by atoms with van der Waals surface area (Å²) in [5, 5.41) is 8.86. The topological polar surface area (TPSA) is 59.3 Å². The maximum atomic E-state index is 12.0. The molecule has 0 spiro atoms. The second-order valence-corrected chi connectivity index (χ2v) is 6.25. The standard InChI is InChI=1S/C23H19NO3/c1-16-3-4-17(2)22(13-16)26-15-23(25)27-21-11-9-20(10-12-21)19-7-5-18(14-24)6-8-19/h3-13H,15H2,1-2H3. The van der Waals surface area contributed by atoms with E-state index >= 15 is 0 Å². The minimum Gasteiger partial charge on any atom is -0.482 e. The SMILES string of the molecule is Cc1ccc(C)c(OCC(=O)Oc2ccc(-c3ccc(C#N)cc3)cc2)c1. The molecule has 0 aromatic heterocycles. The van der Waals surface area contributed by atoms with Crippen LogP contribution in [0.5, 0.6) is 11.5 Å². The summed E-state index contributed by atoms with van der Waals surface area (Å²) in [5.41, 5.74) is 4.63. The average molecular weight is 357 g/mol. The first-order chi connectivity index (χ1) is 13.0. The van der Waals surface area contributed by atoms with Gasteiger partial charge in [0.1, 0.15) is 11.5 Å². The van der Waals surface area contributed by atoms with E-state index in [-0.39, 0.29) is 6.61 Å². The lowest BCUT2D eigenvalue weighted by atomic mass is 10.0. The van der Waals surface area contributed by atoms with Crippen LogP contribution < -0.4 is 9.47 Å². The summed E-state index contributed by atoms with van der Waals surface area (Å²) < 4.78 is 10.9. The minimum atomic E-state index is -0.456. The van der Waals surface area contributed by atoms with Crippen molar-refractivity contribution in [3.63, 3.8) is 0 Å². The van der Waals surface area contributed by atoms with E-state index < -0.39 is 5.97 Å². The summed E-state index contributed by atoms with van der Waals surface area (Å²) >= 11 is 0. The molecule has 3 aromatic carbocycles. The van der Waals surface area contributed by atoms with Crippen molar-refractivity contribution in [2.45, 2.75) is 13.8 Å². The molecule has 4 nitrogen and oxygen atoms in total. The van der Waals surface area contributed by atoms with Gasteiger partial charge in [0.25, 0.3) is 0 Å². The van der Waals surface area contributed by atoms with Gasteiger partial charge in [0.15, 0.2) is 6.61 Å². The number of hydrogen-bond acceptors (Lipinski definition) is 4. The van der Waals surface area contributed by atoms with Gasteiger partial charge < -0.3 is 9.47 Å².